The number of hydrogen-bond donors (Lipinski definition) is 3. The molecule has 0 spiro atoms. The molecule has 11 nitrogen and oxygen atoms in total. The second-order valence-corrected chi connectivity index (χ2v) is 9.44. The topological polar surface area (TPSA) is 161 Å². The number of carbonyl (C=O) groups is 5. The Morgan fingerprint density at radius 1 is 0.841 bits per heavy atom. The molecule has 1 aromatic heterocycles. The van der Waals surface area contributed by atoms with E-state index in [0.717, 1.165) is 0 Å². The lowest BCUT2D eigenvalue weighted by Crippen LogP contribution is -2.45. The van der Waals surface area contributed by atoms with E-state index in [9.17, 15) is 29.1 Å². The lowest BCUT2D eigenvalue weighted by molar-refractivity contribution is -0.118. The van der Waals surface area contributed by atoms with Crippen LogP contribution in [-0.4, -0.2) is 54.1 Å². The number of carbonyl (C=O) groups excluding carboxylic acids is 4. The Morgan fingerprint density at radius 2 is 1.48 bits per heavy atom. The van der Waals surface area contributed by atoms with E-state index in [2.05, 4.69) is 23.8 Å². The van der Waals surface area contributed by atoms with E-state index in [1.54, 1.807) is 36.4 Å². The van der Waals surface area contributed by atoms with E-state index in [1.165, 1.54) is 48.7 Å². The normalized spacial score (nSPS) is 11.2. The number of hydrogen-bond acceptors (Lipinski definition) is 8. The van der Waals surface area contributed by atoms with Gasteiger partial charge in [0, 0.05) is 17.5 Å². The van der Waals surface area contributed by atoms with Crippen molar-refractivity contribution in [2.45, 2.75) is 12.5 Å². The first-order valence-corrected chi connectivity index (χ1v) is 13.3. The van der Waals surface area contributed by atoms with Crippen LogP contribution in [0.25, 0.3) is 11.0 Å². The van der Waals surface area contributed by atoms with Gasteiger partial charge in [-0.15, -0.1) is 0 Å². The van der Waals surface area contributed by atoms with Crippen LogP contribution >= 0.6 is 0 Å². The Hall–Kier alpha value is -5.97. The highest BCUT2D eigenvalue weighted by Gasteiger charge is 2.26. The summed E-state index contributed by atoms with van der Waals surface area (Å²) < 4.78 is 15.4. The molecule has 0 aliphatic heterocycles. The smallest absolute Gasteiger partial charge is 0.338 e. The van der Waals surface area contributed by atoms with E-state index >= 15 is 0 Å². The van der Waals surface area contributed by atoms with Crippen molar-refractivity contribution in [3.05, 3.63) is 126 Å². The number of ether oxygens (including phenoxy) is 2. The predicted molar refractivity (Wildman–Crippen MR) is 161 cm³/mol. The van der Waals surface area contributed by atoms with Crippen molar-refractivity contribution < 1.29 is 43.0 Å². The zero-order valence-electron chi connectivity index (χ0n) is 23.4. The van der Waals surface area contributed by atoms with E-state index in [4.69, 9.17) is 13.9 Å². The lowest BCUT2D eigenvalue weighted by atomic mass is 10.0. The molecule has 4 rings (SSSR count). The van der Waals surface area contributed by atoms with Crippen LogP contribution in [0.3, 0.4) is 0 Å². The summed E-state index contributed by atoms with van der Waals surface area (Å²) >= 11 is 0. The second kappa shape index (κ2) is 14.3. The average molecular weight is 597 g/mol. The van der Waals surface area contributed by atoms with Crippen molar-refractivity contribution in [1.82, 2.24) is 5.32 Å². The molecule has 0 aliphatic carbocycles. The number of carboxylic acids is 1. The summed E-state index contributed by atoms with van der Waals surface area (Å²) in [6.07, 6.45) is 4.15. The van der Waals surface area contributed by atoms with Gasteiger partial charge in [-0.05, 0) is 42.0 Å². The van der Waals surface area contributed by atoms with Crippen LogP contribution in [0.15, 0.2) is 103 Å². The number of esters is 2. The number of aromatic carboxylic acids is 1. The minimum absolute atomic E-state index is 0.0318. The summed E-state index contributed by atoms with van der Waals surface area (Å²) in [6, 6.07) is 15.7. The highest BCUT2D eigenvalue weighted by Crippen LogP contribution is 2.23. The molecule has 0 fully saturated rings. The average Bonchev–Trinajstić information content (AvgIpc) is 3.49. The Bertz CT molecular complexity index is 1700. The van der Waals surface area contributed by atoms with E-state index < -0.39 is 35.8 Å². The van der Waals surface area contributed by atoms with Gasteiger partial charge in [0.25, 0.3) is 5.91 Å². The number of nitrogens with one attached hydrogen (secondary N) is 2. The summed E-state index contributed by atoms with van der Waals surface area (Å²) in [7, 11) is 0. The molecule has 2 amide bonds. The first-order valence-electron chi connectivity index (χ1n) is 13.3. The Morgan fingerprint density at radius 3 is 2.07 bits per heavy atom. The predicted octanol–water partition coefficient (Wildman–Crippen LogP) is 4.80. The molecular weight excluding hydrogens is 568 g/mol. The van der Waals surface area contributed by atoms with E-state index in [0.29, 0.717) is 10.9 Å². The maximum absolute atomic E-state index is 13.7. The van der Waals surface area contributed by atoms with E-state index in [-0.39, 0.29) is 53.2 Å². The minimum atomic E-state index is -1.35. The van der Waals surface area contributed by atoms with Crippen LogP contribution in [-0.2, 0) is 20.7 Å². The number of amides is 2. The fourth-order valence-electron chi connectivity index (χ4n) is 4.27. The number of fused-ring (bicyclic) bond motifs is 1. The fourth-order valence-corrected chi connectivity index (χ4v) is 4.27. The van der Waals surface area contributed by atoms with Crippen LogP contribution in [0, 0.1) is 0 Å². The van der Waals surface area contributed by atoms with Gasteiger partial charge in [-0.2, -0.15) is 0 Å². The molecule has 1 atom stereocenters. The molecular formula is C33H28N2O9. The third-order valence-electron chi connectivity index (χ3n) is 6.31. The van der Waals surface area contributed by atoms with Crippen LogP contribution in [0.5, 0.6) is 0 Å². The number of rotatable bonds is 13. The van der Waals surface area contributed by atoms with Crippen molar-refractivity contribution in [1.29, 1.82) is 0 Å². The molecule has 11 heteroatoms. The Labute approximate surface area is 251 Å². The monoisotopic (exact) mass is 596 g/mol. The molecule has 1 heterocycles. The maximum Gasteiger partial charge on any atom is 0.338 e. The molecule has 224 valence electrons. The molecule has 0 radical (unpaired) electrons. The van der Waals surface area contributed by atoms with Crippen molar-refractivity contribution in [2.75, 3.05) is 18.5 Å². The zero-order valence-corrected chi connectivity index (χ0v) is 23.4. The molecule has 3 aromatic carbocycles. The molecule has 0 saturated carbocycles. The van der Waals surface area contributed by atoms with Gasteiger partial charge in [-0.25, -0.2) is 14.4 Å². The third kappa shape index (κ3) is 7.65. The second-order valence-electron chi connectivity index (χ2n) is 9.44. The maximum atomic E-state index is 13.7. The largest absolute Gasteiger partial charge is 0.478 e. The lowest BCUT2D eigenvalue weighted by Gasteiger charge is -2.20. The van der Waals surface area contributed by atoms with Crippen LogP contribution < -0.4 is 10.6 Å². The zero-order chi connectivity index (χ0) is 31.6. The molecule has 0 saturated heterocycles. The summed E-state index contributed by atoms with van der Waals surface area (Å²) in [6.45, 7) is 6.83. The first kappa shape index (κ1) is 31.0. The molecule has 3 N–H and O–H groups in total. The third-order valence-corrected chi connectivity index (χ3v) is 6.31. The van der Waals surface area contributed by atoms with Gasteiger partial charge in [0.1, 0.15) is 24.8 Å². The molecule has 0 unspecified atom stereocenters. The number of anilines is 1. The summed E-state index contributed by atoms with van der Waals surface area (Å²) in [5.74, 6) is -4.41. The summed E-state index contributed by atoms with van der Waals surface area (Å²) in [4.78, 5) is 64.3. The van der Waals surface area contributed by atoms with Gasteiger partial charge in [0.15, 0.2) is 0 Å². The molecule has 4 aromatic rings. The SMILES string of the molecule is C=CCOC(=O)c1cc(NC(=O)[C@H](Cc2ccccc2)NC(=O)c2cc3ccoc3cc2C(=O)O)cc(C(=O)OCC=C)c1. The standard InChI is InChI=1S/C33H28N2O9/c1-3-11-43-32(40)22-15-23(33(41)44-12-4-2)17-24(16-22)34-30(37)27(14-20-8-6-5-7-9-20)35-29(36)25-18-21-10-13-42-28(21)19-26(25)31(38)39/h3-10,13,15-19,27H,1-2,11-12,14H2,(H,34,37)(H,35,36)(H,38,39)/t27-/m0/s1. The van der Waals surface area contributed by atoms with Gasteiger partial charge in [-0.3, -0.25) is 9.59 Å². The molecule has 44 heavy (non-hydrogen) atoms. The van der Waals surface area contributed by atoms with Crippen LogP contribution in [0.2, 0.25) is 0 Å². The Balaban J connectivity index is 1.67. The van der Waals surface area contributed by atoms with Crippen molar-refractivity contribution in [2.24, 2.45) is 0 Å². The number of benzene rings is 3. The molecule has 0 aliphatic rings. The van der Waals surface area contributed by atoms with E-state index in [1.807, 2.05) is 0 Å². The quantitative estimate of drug-likeness (QED) is 0.145. The number of carboxylic acid groups (broad SMARTS) is 1. The van der Waals surface area contributed by atoms with Gasteiger partial charge in [0.05, 0.1) is 28.5 Å². The summed E-state index contributed by atoms with van der Waals surface area (Å²) in [5, 5.41) is 15.5. The highest BCUT2D eigenvalue weighted by molar-refractivity contribution is 6.10. The fraction of sp³-hybridized carbons (Fsp3) is 0.121. The first-order chi connectivity index (χ1) is 21.2. The van der Waals surface area contributed by atoms with Gasteiger partial charge >= 0.3 is 17.9 Å². The minimum Gasteiger partial charge on any atom is -0.478 e. The van der Waals surface area contributed by atoms with Crippen molar-refractivity contribution in [3.63, 3.8) is 0 Å². The van der Waals surface area contributed by atoms with Crippen LogP contribution in [0.1, 0.15) is 47.0 Å². The molecule has 0 bridgehead atoms. The van der Waals surface area contributed by atoms with Gasteiger partial charge in [-0.1, -0.05) is 55.6 Å². The van der Waals surface area contributed by atoms with Gasteiger partial charge in [0.2, 0.25) is 5.91 Å². The van der Waals surface area contributed by atoms with Gasteiger partial charge < -0.3 is 29.6 Å². The summed E-state index contributed by atoms with van der Waals surface area (Å²) in [5.41, 5.74) is 0.469. The van der Waals surface area contributed by atoms with Crippen molar-refractivity contribution >= 4 is 46.4 Å². The van der Waals surface area contributed by atoms with Crippen LogP contribution in [0.4, 0.5) is 5.69 Å². The Kier molecular flexibility index (Phi) is 10.0. The van der Waals surface area contributed by atoms with Crippen molar-refractivity contribution in [3.8, 4) is 0 Å². The number of furan rings is 1. The highest BCUT2D eigenvalue weighted by atomic mass is 16.5.